The van der Waals surface area contributed by atoms with Gasteiger partial charge in [-0.25, -0.2) is 0 Å². The van der Waals surface area contributed by atoms with Gasteiger partial charge in [0.15, 0.2) is 0 Å². The molecule has 0 unspecified atom stereocenters. The average Bonchev–Trinajstić information content (AvgIpc) is 2.56. The molecule has 0 aromatic carbocycles. The molecule has 0 bridgehead atoms. The molecule has 3 aliphatic carbocycles. The minimum absolute atomic E-state index is 0.873. The maximum absolute atomic E-state index is 2.57. The van der Waals surface area contributed by atoms with E-state index in [1.54, 1.807) is 5.92 Å². The molecule has 3 rings (SSSR count). The predicted molar refractivity (Wildman–Crippen MR) is 96.3 cm³/mol. The van der Waals surface area contributed by atoms with Gasteiger partial charge in [0.05, 0.1) is 0 Å². The van der Waals surface area contributed by atoms with Crippen molar-refractivity contribution in [2.24, 2.45) is 23.7 Å². The van der Waals surface area contributed by atoms with Crippen molar-refractivity contribution in [3.8, 4) is 0 Å². The predicted octanol–water partition coefficient (Wildman–Crippen LogP) is 6.92. The van der Waals surface area contributed by atoms with Gasteiger partial charge in [-0.2, -0.15) is 0 Å². The highest BCUT2D eigenvalue weighted by Gasteiger charge is 2.29. The van der Waals surface area contributed by atoms with Crippen LogP contribution >= 0.6 is 0 Å². The van der Waals surface area contributed by atoms with Gasteiger partial charge < -0.3 is 0 Å². The van der Waals surface area contributed by atoms with Gasteiger partial charge in [-0.3, -0.25) is 0 Å². The molecule has 0 aliphatic heterocycles. The summed E-state index contributed by atoms with van der Waals surface area (Å²) >= 11 is 0. The molecular weight excluding hydrogens is 264 g/mol. The zero-order valence-corrected chi connectivity index (χ0v) is 14.9. The van der Waals surface area contributed by atoms with Crippen LogP contribution < -0.4 is 0 Å². The van der Waals surface area contributed by atoms with Crippen molar-refractivity contribution in [3.63, 3.8) is 0 Å². The second-order valence-corrected chi connectivity index (χ2v) is 8.65. The average molecular weight is 301 g/mol. The normalized spacial score (nSPS) is 34.5. The van der Waals surface area contributed by atoms with E-state index in [1.165, 1.54) is 77.0 Å². The second kappa shape index (κ2) is 8.02. The summed E-state index contributed by atoms with van der Waals surface area (Å²) < 4.78 is 0. The van der Waals surface area contributed by atoms with E-state index in [0.29, 0.717) is 0 Å². The molecule has 0 N–H and O–H groups in total. The number of allylic oxidation sites excluding steroid dienone is 2. The fourth-order valence-electron chi connectivity index (χ4n) is 4.85. The second-order valence-electron chi connectivity index (χ2n) is 8.65. The Morgan fingerprint density at radius 2 is 1.27 bits per heavy atom. The largest absolute Gasteiger partial charge is 0.0848 e. The maximum atomic E-state index is 2.57. The van der Waals surface area contributed by atoms with Crippen molar-refractivity contribution >= 4 is 0 Å². The van der Waals surface area contributed by atoms with Gasteiger partial charge in [0.1, 0.15) is 0 Å². The molecule has 0 atom stereocenters. The number of rotatable bonds is 3. The Labute approximate surface area is 139 Å². The van der Waals surface area contributed by atoms with E-state index in [4.69, 9.17) is 0 Å². The van der Waals surface area contributed by atoms with Crippen LogP contribution in [0.15, 0.2) is 12.2 Å². The number of hydrogen-bond acceptors (Lipinski definition) is 0. The molecule has 0 saturated heterocycles. The third kappa shape index (κ3) is 4.62. The van der Waals surface area contributed by atoms with Crippen LogP contribution in [-0.2, 0) is 0 Å². The lowest BCUT2D eigenvalue weighted by molar-refractivity contribution is 0.263. The van der Waals surface area contributed by atoms with Gasteiger partial charge in [0, 0.05) is 0 Å². The first-order valence-electron chi connectivity index (χ1n) is 10.1. The molecule has 0 spiro atoms. The van der Waals surface area contributed by atoms with Crippen LogP contribution in [0.3, 0.4) is 0 Å². The van der Waals surface area contributed by atoms with E-state index < -0.39 is 0 Å². The molecule has 0 amide bonds. The first kappa shape index (κ1) is 16.6. The van der Waals surface area contributed by atoms with Gasteiger partial charge in [-0.1, -0.05) is 38.8 Å². The van der Waals surface area contributed by atoms with Crippen LogP contribution in [0.1, 0.15) is 90.9 Å². The zero-order chi connectivity index (χ0) is 15.4. The van der Waals surface area contributed by atoms with Crippen LogP contribution in [0, 0.1) is 35.5 Å². The summed E-state index contributed by atoms with van der Waals surface area (Å²) in [6.07, 6.45) is 22.3. The first-order chi connectivity index (χ1) is 10.7. The summed E-state index contributed by atoms with van der Waals surface area (Å²) in [6, 6.07) is 0. The standard InChI is InChI=1S/C22H36/c1-17-3-7-19(8-4-17)9-10-20-11-15-22(16-12-20)21-13-5-18(2)6-14-21/h9-10,17-18,20-21H,3-8,11-16H2,1-2H3/b10-9+. The highest BCUT2D eigenvalue weighted by Crippen LogP contribution is 2.43. The van der Waals surface area contributed by atoms with Crippen molar-refractivity contribution in [1.29, 1.82) is 0 Å². The summed E-state index contributed by atoms with van der Waals surface area (Å²) in [5.74, 6) is 7.49. The van der Waals surface area contributed by atoms with Gasteiger partial charge in [-0.05, 0) is 99.7 Å². The van der Waals surface area contributed by atoms with Crippen molar-refractivity contribution in [3.05, 3.63) is 24.0 Å². The van der Waals surface area contributed by atoms with Crippen molar-refractivity contribution in [2.75, 3.05) is 0 Å². The van der Waals surface area contributed by atoms with Crippen molar-refractivity contribution < 1.29 is 0 Å². The molecular formula is C22H36. The van der Waals surface area contributed by atoms with Crippen LogP contribution in [-0.4, -0.2) is 0 Å². The Kier molecular flexibility index (Phi) is 6.05. The molecule has 0 heteroatoms. The van der Waals surface area contributed by atoms with Crippen LogP contribution in [0.5, 0.6) is 0 Å². The van der Waals surface area contributed by atoms with E-state index in [0.717, 1.165) is 23.7 Å². The zero-order valence-electron chi connectivity index (χ0n) is 14.9. The van der Waals surface area contributed by atoms with Gasteiger partial charge in [-0.15, -0.1) is 0 Å². The van der Waals surface area contributed by atoms with E-state index in [9.17, 15) is 0 Å². The lowest BCUT2D eigenvalue weighted by Gasteiger charge is -2.36. The first-order valence-corrected chi connectivity index (χ1v) is 10.1. The lowest BCUT2D eigenvalue weighted by atomic mass is 9.69. The summed E-state index contributed by atoms with van der Waals surface area (Å²) in [4.78, 5) is 0. The monoisotopic (exact) mass is 300 g/mol. The van der Waals surface area contributed by atoms with Gasteiger partial charge >= 0.3 is 0 Å². The minimum Gasteiger partial charge on any atom is -0.0848 e. The fraction of sp³-hybridized carbons (Fsp3) is 0.818. The Bertz CT molecular complexity index is 331. The Morgan fingerprint density at radius 3 is 1.91 bits per heavy atom. The SMILES string of the molecule is CC1CC[C](/C=C/C2CC[C](C3CCC(C)CC3)CC2)CC1. The van der Waals surface area contributed by atoms with E-state index in [1.807, 2.05) is 5.92 Å². The van der Waals surface area contributed by atoms with Crippen LogP contribution in [0.25, 0.3) is 0 Å². The Balaban J connectivity index is 1.38. The molecule has 0 aromatic rings. The summed E-state index contributed by atoms with van der Waals surface area (Å²) in [6.45, 7) is 4.84. The molecule has 124 valence electrons. The number of hydrogen-bond donors (Lipinski definition) is 0. The molecule has 3 aliphatic rings. The minimum atomic E-state index is 0.873. The molecule has 0 heterocycles. The summed E-state index contributed by atoms with van der Waals surface area (Å²) in [5, 5.41) is 0. The van der Waals surface area contributed by atoms with E-state index in [2.05, 4.69) is 26.0 Å². The summed E-state index contributed by atoms with van der Waals surface area (Å²) in [7, 11) is 0. The van der Waals surface area contributed by atoms with Gasteiger partial charge in [0.2, 0.25) is 0 Å². The van der Waals surface area contributed by atoms with Crippen molar-refractivity contribution in [2.45, 2.75) is 90.9 Å². The third-order valence-electron chi connectivity index (χ3n) is 6.79. The Hall–Kier alpha value is -0.260. The topological polar surface area (TPSA) is 0 Å². The highest BCUT2D eigenvalue weighted by atomic mass is 14.3. The van der Waals surface area contributed by atoms with Crippen LogP contribution in [0.4, 0.5) is 0 Å². The maximum Gasteiger partial charge on any atom is -0.00270 e. The lowest BCUT2D eigenvalue weighted by Crippen LogP contribution is -2.23. The third-order valence-corrected chi connectivity index (χ3v) is 6.79. The summed E-state index contributed by atoms with van der Waals surface area (Å²) in [5.41, 5.74) is 0. The van der Waals surface area contributed by atoms with Crippen LogP contribution in [0.2, 0.25) is 0 Å². The highest BCUT2D eigenvalue weighted by molar-refractivity contribution is 5.14. The molecule has 3 saturated carbocycles. The fourth-order valence-corrected chi connectivity index (χ4v) is 4.85. The van der Waals surface area contributed by atoms with Crippen molar-refractivity contribution in [1.82, 2.24) is 0 Å². The molecule has 3 fully saturated rings. The smallest absolute Gasteiger partial charge is 0.00270 e. The van der Waals surface area contributed by atoms with Gasteiger partial charge in [0.25, 0.3) is 0 Å². The molecule has 0 nitrogen and oxygen atoms in total. The molecule has 0 aromatic heterocycles. The Morgan fingerprint density at radius 1 is 0.682 bits per heavy atom. The molecule has 2 radical (unpaired) electrons. The van der Waals surface area contributed by atoms with E-state index in [-0.39, 0.29) is 0 Å². The van der Waals surface area contributed by atoms with E-state index >= 15 is 0 Å². The quantitative estimate of drug-likeness (QED) is 0.530. The molecule has 22 heavy (non-hydrogen) atoms.